The van der Waals surface area contributed by atoms with Gasteiger partial charge in [-0.25, -0.2) is 0 Å². The molecule has 0 atom stereocenters. The minimum Gasteiger partial charge on any atom is -0.454 e. The fraction of sp³-hybridized carbons (Fsp3) is 0.667. The van der Waals surface area contributed by atoms with Gasteiger partial charge in [0.1, 0.15) is 0 Å². The van der Waals surface area contributed by atoms with Crippen LogP contribution in [0.4, 0.5) is 0 Å². The zero-order valence-corrected chi connectivity index (χ0v) is 16.4. The number of piperazine rings is 1. The van der Waals surface area contributed by atoms with Gasteiger partial charge >= 0.3 is 0 Å². The van der Waals surface area contributed by atoms with E-state index in [1.807, 2.05) is 18.0 Å². The van der Waals surface area contributed by atoms with Crippen LogP contribution in [0.1, 0.15) is 37.7 Å². The van der Waals surface area contributed by atoms with E-state index in [4.69, 9.17) is 9.47 Å². The zero-order chi connectivity index (χ0) is 18.6. The third-order valence-electron chi connectivity index (χ3n) is 6.18. The summed E-state index contributed by atoms with van der Waals surface area (Å²) in [6.45, 7) is 5.69. The lowest BCUT2D eigenvalue weighted by atomic mass is 9.94. The molecular weight excluding hydrogens is 342 g/mol. The summed E-state index contributed by atoms with van der Waals surface area (Å²) in [6, 6.07) is 6.65. The predicted octanol–water partition coefficient (Wildman–Crippen LogP) is 2.32. The van der Waals surface area contributed by atoms with Crippen LogP contribution < -0.4 is 9.47 Å². The van der Waals surface area contributed by atoms with Crippen molar-refractivity contribution in [3.05, 3.63) is 23.8 Å². The molecule has 148 valence electrons. The van der Waals surface area contributed by atoms with E-state index >= 15 is 0 Å². The van der Waals surface area contributed by atoms with E-state index in [9.17, 15) is 4.79 Å². The molecule has 1 saturated carbocycles. The highest BCUT2D eigenvalue weighted by atomic mass is 16.7. The molecule has 0 N–H and O–H groups in total. The van der Waals surface area contributed by atoms with E-state index in [2.05, 4.69) is 21.9 Å². The smallest absolute Gasteiger partial charge is 0.236 e. The van der Waals surface area contributed by atoms with Crippen LogP contribution in [-0.4, -0.2) is 73.2 Å². The fourth-order valence-electron chi connectivity index (χ4n) is 4.38. The number of likely N-dealkylation sites (N-methyl/N-ethyl adjacent to an activating group) is 1. The molecule has 1 aliphatic carbocycles. The normalized spacial score (nSPS) is 21.4. The SMILES string of the molecule is CN(C(=O)CN1CCN(Cc2ccc3c(c2)OCO3)CC1)C1CCCCC1. The number of hydrogen-bond donors (Lipinski definition) is 0. The molecule has 6 nitrogen and oxygen atoms in total. The number of hydrogen-bond acceptors (Lipinski definition) is 5. The van der Waals surface area contributed by atoms with E-state index in [-0.39, 0.29) is 5.91 Å². The molecule has 4 rings (SSSR count). The Morgan fingerprint density at radius 3 is 2.52 bits per heavy atom. The molecule has 1 amide bonds. The lowest BCUT2D eigenvalue weighted by Crippen LogP contribution is -2.50. The molecule has 3 aliphatic rings. The van der Waals surface area contributed by atoms with Crippen molar-refractivity contribution in [1.29, 1.82) is 0 Å². The fourth-order valence-corrected chi connectivity index (χ4v) is 4.38. The average Bonchev–Trinajstić information content (AvgIpc) is 3.17. The van der Waals surface area contributed by atoms with E-state index in [1.165, 1.54) is 37.7 Å². The van der Waals surface area contributed by atoms with Gasteiger partial charge < -0.3 is 14.4 Å². The molecule has 1 aromatic rings. The molecule has 2 heterocycles. The van der Waals surface area contributed by atoms with Crippen LogP contribution in [0.25, 0.3) is 0 Å². The number of fused-ring (bicyclic) bond motifs is 1. The second-order valence-corrected chi connectivity index (χ2v) is 8.04. The van der Waals surface area contributed by atoms with Crippen LogP contribution in [0.15, 0.2) is 18.2 Å². The Hall–Kier alpha value is -1.79. The van der Waals surface area contributed by atoms with Crippen molar-refractivity contribution in [3.63, 3.8) is 0 Å². The van der Waals surface area contributed by atoms with Crippen molar-refractivity contribution in [3.8, 4) is 11.5 Å². The summed E-state index contributed by atoms with van der Waals surface area (Å²) in [5, 5.41) is 0. The average molecular weight is 373 g/mol. The maximum atomic E-state index is 12.6. The first-order valence-corrected chi connectivity index (χ1v) is 10.3. The van der Waals surface area contributed by atoms with Gasteiger partial charge in [0, 0.05) is 45.8 Å². The Kier molecular flexibility index (Phi) is 5.83. The molecule has 2 fully saturated rings. The molecule has 0 spiro atoms. The summed E-state index contributed by atoms with van der Waals surface area (Å²) >= 11 is 0. The van der Waals surface area contributed by atoms with Gasteiger partial charge in [-0.15, -0.1) is 0 Å². The summed E-state index contributed by atoms with van der Waals surface area (Å²) in [6.07, 6.45) is 6.20. The quantitative estimate of drug-likeness (QED) is 0.793. The lowest BCUT2D eigenvalue weighted by Gasteiger charge is -2.37. The number of amides is 1. The third kappa shape index (κ3) is 4.55. The monoisotopic (exact) mass is 373 g/mol. The second-order valence-electron chi connectivity index (χ2n) is 8.04. The number of ether oxygens (including phenoxy) is 2. The first-order chi connectivity index (χ1) is 13.2. The zero-order valence-electron chi connectivity index (χ0n) is 16.4. The number of carbonyl (C=O) groups is 1. The van der Waals surface area contributed by atoms with E-state index in [0.717, 1.165) is 44.2 Å². The van der Waals surface area contributed by atoms with Crippen LogP contribution in [0.3, 0.4) is 0 Å². The Bertz CT molecular complexity index is 652. The highest BCUT2D eigenvalue weighted by molar-refractivity contribution is 5.78. The van der Waals surface area contributed by atoms with Crippen molar-refractivity contribution in [2.75, 3.05) is 46.6 Å². The van der Waals surface area contributed by atoms with Crippen molar-refractivity contribution < 1.29 is 14.3 Å². The van der Waals surface area contributed by atoms with Gasteiger partial charge in [-0.1, -0.05) is 25.3 Å². The molecule has 1 aromatic carbocycles. The molecular formula is C21H31N3O3. The van der Waals surface area contributed by atoms with Crippen LogP contribution in [0.2, 0.25) is 0 Å². The van der Waals surface area contributed by atoms with Crippen molar-refractivity contribution in [1.82, 2.24) is 14.7 Å². The van der Waals surface area contributed by atoms with E-state index in [1.54, 1.807) is 0 Å². The second kappa shape index (κ2) is 8.48. The molecule has 0 radical (unpaired) electrons. The van der Waals surface area contributed by atoms with Crippen molar-refractivity contribution in [2.24, 2.45) is 0 Å². The van der Waals surface area contributed by atoms with Gasteiger partial charge in [0.05, 0.1) is 6.54 Å². The maximum Gasteiger partial charge on any atom is 0.236 e. The Balaban J connectivity index is 1.22. The Morgan fingerprint density at radius 1 is 1.04 bits per heavy atom. The predicted molar refractivity (Wildman–Crippen MR) is 104 cm³/mol. The minimum atomic E-state index is 0.283. The van der Waals surface area contributed by atoms with Crippen LogP contribution in [-0.2, 0) is 11.3 Å². The maximum absolute atomic E-state index is 12.6. The van der Waals surface area contributed by atoms with Gasteiger partial charge in [-0.3, -0.25) is 14.6 Å². The molecule has 6 heteroatoms. The van der Waals surface area contributed by atoms with E-state index < -0.39 is 0 Å². The highest BCUT2D eigenvalue weighted by Crippen LogP contribution is 2.32. The number of nitrogens with zero attached hydrogens (tertiary/aromatic N) is 3. The van der Waals surface area contributed by atoms with Crippen LogP contribution in [0.5, 0.6) is 11.5 Å². The first kappa shape index (κ1) is 18.6. The van der Waals surface area contributed by atoms with Crippen LogP contribution in [0, 0.1) is 0 Å². The largest absolute Gasteiger partial charge is 0.454 e. The number of rotatable bonds is 5. The molecule has 0 bridgehead atoms. The Labute approximate surface area is 162 Å². The van der Waals surface area contributed by atoms with Gasteiger partial charge in [0.25, 0.3) is 0 Å². The molecule has 2 aliphatic heterocycles. The Morgan fingerprint density at radius 2 is 1.74 bits per heavy atom. The molecule has 0 aromatic heterocycles. The van der Waals surface area contributed by atoms with Crippen molar-refractivity contribution >= 4 is 5.91 Å². The molecule has 0 unspecified atom stereocenters. The number of benzene rings is 1. The molecule has 27 heavy (non-hydrogen) atoms. The van der Waals surface area contributed by atoms with Crippen LogP contribution >= 0.6 is 0 Å². The van der Waals surface area contributed by atoms with Gasteiger partial charge in [0.15, 0.2) is 11.5 Å². The topological polar surface area (TPSA) is 45.3 Å². The van der Waals surface area contributed by atoms with Gasteiger partial charge in [-0.05, 0) is 30.5 Å². The lowest BCUT2D eigenvalue weighted by molar-refractivity contribution is -0.134. The summed E-state index contributed by atoms with van der Waals surface area (Å²) in [7, 11) is 1.99. The minimum absolute atomic E-state index is 0.283. The van der Waals surface area contributed by atoms with Gasteiger partial charge in [-0.2, -0.15) is 0 Å². The highest BCUT2D eigenvalue weighted by Gasteiger charge is 2.25. The third-order valence-corrected chi connectivity index (χ3v) is 6.18. The van der Waals surface area contributed by atoms with Crippen molar-refractivity contribution in [2.45, 2.75) is 44.7 Å². The summed E-state index contributed by atoms with van der Waals surface area (Å²) in [5.74, 6) is 1.97. The molecule has 1 saturated heterocycles. The summed E-state index contributed by atoms with van der Waals surface area (Å²) in [5.41, 5.74) is 1.25. The first-order valence-electron chi connectivity index (χ1n) is 10.3. The standard InChI is InChI=1S/C21H31N3O3/c1-22(18-5-3-2-4-6-18)21(25)15-24-11-9-23(10-12-24)14-17-7-8-19-20(13-17)27-16-26-19/h7-8,13,18H,2-6,9-12,14-16H2,1H3. The summed E-state index contributed by atoms with van der Waals surface area (Å²) in [4.78, 5) is 19.4. The summed E-state index contributed by atoms with van der Waals surface area (Å²) < 4.78 is 10.8. The van der Waals surface area contributed by atoms with Gasteiger partial charge in [0.2, 0.25) is 12.7 Å². The van der Waals surface area contributed by atoms with E-state index in [0.29, 0.717) is 19.4 Å². The number of carbonyl (C=O) groups excluding carboxylic acids is 1.